The zero-order chi connectivity index (χ0) is 7.14. The smallest absolute Gasteiger partial charge is 0.220 e. The molecule has 1 aliphatic carbocycles. The fraction of sp³-hybridized carbons (Fsp3) is 0.857. The highest BCUT2D eigenvalue weighted by Gasteiger charge is 2.41. The number of carbonyl (C=O) groups is 1. The highest BCUT2D eigenvalue weighted by atomic mass is 16.3. The summed E-state index contributed by atoms with van der Waals surface area (Å²) in [5, 5.41) is 12.2. The summed E-state index contributed by atoms with van der Waals surface area (Å²) >= 11 is 0. The summed E-state index contributed by atoms with van der Waals surface area (Å²) < 4.78 is 0. The van der Waals surface area contributed by atoms with Crippen LogP contribution < -0.4 is 5.32 Å². The summed E-state index contributed by atoms with van der Waals surface area (Å²) in [4.78, 5) is 10.8. The van der Waals surface area contributed by atoms with E-state index in [2.05, 4.69) is 5.32 Å². The van der Waals surface area contributed by atoms with Gasteiger partial charge in [-0.15, -0.1) is 0 Å². The maximum Gasteiger partial charge on any atom is 0.220 e. The van der Waals surface area contributed by atoms with Gasteiger partial charge in [0, 0.05) is 18.4 Å². The molecule has 1 saturated carbocycles. The van der Waals surface area contributed by atoms with Crippen LogP contribution in [0, 0.1) is 5.92 Å². The van der Waals surface area contributed by atoms with Gasteiger partial charge in [0.15, 0.2) is 0 Å². The lowest BCUT2D eigenvalue weighted by Gasteiger charge is -2.09. The van der Waals surface area contributed by atoms with E-state index in [1.807, 2.05) is 0 Å². The van der Waals surface area contributed by atoms with Crippen LogP contribution in [0.5, 0.6) is 0 Å². The Bertz CT molecular complexity index is 169. The number of rotatable bonds is 0. The van der Waals surface area contributed by atoms with Crippen molar-refractivity contribution in [2.45, 2.75) is 31.4 Å². The van der Waals surface area contributed by atoms with Crippen molar-refractivity contribution < 1.29 is 9.90 Å². The molecule has 2 N–H and O–H groups in total. The largest absolute Gasteiger partial charge is 0.393 e. The molecular weight excluding hydrogens is 130 g/mol. The lowest BCUT2D eigenvalue weighted by Crippen LogP contribution is -2.26. The number of aliphatic hydroxyl groups excluding tert-OH is 1. The second-order valence-corrected chi connectivity index (χ2v) is 3.19. The Balaban J connectivity index is 2.12. The first-order chi connectivity index (χ1) is 4.77. The number of carbonyl (C=O) groups excluding carboxylic acids is 1. The normalized spacial score (nSPS) is 45.3. The fourth-order valence-corrected chi connectivity index (χ4v) is 1.98. The summed E-state index contributed by atoms with van der Waals surface area (Å²) in [6.45, 7) is 0. The topological polar surface area (TPSA) is 49.3 Å². The number of fused-ring (bicyclic) bond motifs is 1. The Hall–Kier alpha value is -0.570. The van der Waals surface area contributed by atoms with Crippen LogP contribution in [0.4, 0.5) is 0 Å². The summed E-state index contributed by atoms with van der Waals surface area (Å²) in [5.41, 5.74) is 0. The first-order valence-corrected chi connectivity index (χ1v) is 3.75. The zero-order valence-electron chi connectivity index (χ0n) is 5.71. The standard InChI is InChI=1S/C7H11NO2/c9-6-2-1-5-4(6)3-7(10)8-5/h4-6,9H,1-3H2,(H,8,10)/t4-,5-,6+/m1/s1. The minimum atomic E-state index is -0.232. The van der Waals surface area contributed by atoms with Gasteiger partial charge in [-0.2, -0.15) is 0 Å². The van der Waals surface area contributed by atoms with Crippen LogP contribution in [0.25, 0.3) is 0 Å². The Morgan fingerprint density at radius 1 is 1.50 bits per heavy atom. The molecular formula is C7H11NO2. The second-order valence-electron chi connectivity index (χ2n) is 3.19. The molecule has 0 radical (unpaired) electrons. The summed E-state index contributed by atoms with van der Waals surface area (Å²) in [6, 6.07) is 0.280. The van der Waals surface area contributed by atoms with Gasteiger partial charge in [-0.05, 0) is 12.8 Å². The summed E-state index contributed by atoms with van der Waals surface area (Å²) in [5.74, 6) is 0.321. The van der Waals surface area contributed by atoms with Crippen LogP contribution in [-0.2, 0) is 4.79 Å². The Morgan fingerprint density at radius 3 is 3.00 bits per heavy atom. The Kier molecular flexibility index (Phi) is 1.20. The lowest BCUT2D eigenvalue weighted by atomic mass is 10.0. The van der Waals surface area contributed by atoms with Crippen LogP contribution >= 0.6 is 0 Å². The number of nitrogens with one attached hydrogen (secondary N) is 1. The molecule has 0 aromatic rings. The van der Waals surface area contributed by atoms with Gasteiger partial charge in [-0.25, -0.2) is 0 Å². The van der Waals surface area contributed by atoms with Crippen molar-refractivity contribution in [2.24, 2.45) is 5.92 Å². The molecule has 10 heavy (non-hydrogen) atoms. The quantitative estimate of drug-likeness (QED) is 0.484. The monoisotopic (exact) mass is 141 g/mol. The maximum atomic E-state index is 10.8. The molecule has 2 fully saturated rings. The molecule has 3 nitrogen and oxygen atoms in total. The van der Waals surface area contributed by atoms with Crippen LogP contribution in [0.1, 0.15) is 19.3 Å². The van der Waals surface area contributed by atoms with Crippen LogP contribution in [0.2, 0.25) is 0 Å². The molecule has 1 heterocycles. The third-order valence-electron chi connectivity index (χ3n) is 2.55. The maximum absolute atomic E-state index is 10.8. The van der Waals surface area contributed by atoms with E-state index in [-0.39, 0.29) is 24.0 Å². The highest BCUT2D eigenvalue weighted by molar-refractivity contribution is 5.79. The van der Waals surface area contributed by atoms with Crippen LogP contribution in [0.15, 0.2) is 0 Å². The third-order valence-corrected chi connectivity index (χ3v) is 2.55. The van der Waals surface area contributed by atoms with E-state index in [9.17, 15) is 9.90 Å². The van der Waals surface area contributed by atoms with Gasteiger partial charge in [0.25, 0.3) is 0 Å². The molecule has 0 aromatic heterocycles. The molecule has 2 rings (SSSR count). The van der Waals surface area contributed by atoms with E-state index in [4.69, 9.17) is 0 Å². The molecule has 2 aliphatic rings. The summed E-state index contributed by atoms with van der Waals surface area (Å²) in [7, 11) is 0. The fourth-order valence-electron chi connectivity index (χ4n) is 1.98. The highest BCUT2D eigenvalue weighted by Crippen LogP contribution is 2.32. The molecule has 1 amide bonds. The number of amides is 1. The van der Waals surface area contributed by atoms with Gasteiger partial charge in [0.05, 0.1) is 6.10 Å². The molecule has 56 valence electrons. The van der Waals surface area contributed by atoms with Crippen molar-refractivity contribution in [3.8, 4) is 0 Å². The van der Waals surface area contributed by atoms with Gasteiger partial charge in [0.2, 0.25) is 5.91 Å². The number of hydrogen-bond acceptors (Lipinski definition) is 2. The minimum Gasteiger partial charge on any atom is -0.393 e. The number of hydrogen-bond donors (Lipinski definition) is 2. The molecule has 1 saturated heterocycles. The van der Waals surface area contributed by atoms with Crippen molar-refractivity contribution in [1.29, 1.82) is 0 Å². The molecule has 3 atom stereocenters. The zero-order valence-corrected chi connectivity index (χ0v) is 5.71. The van der Waals surface area contributed by atoms with E-state index in [0.717, 1.165) is 12.8 Å². The van der Waals surface area contributed by atoms with Crippen LogP contribution in [-0.4, -0.2) is 23.2 Å². The third kappa shape index (κ3) is 0.736. The van der Waals surface area contributed by atoms with Crippen molar-refractivity contribution in [2.75, 3.05) is 0 Å². The molecule has 0 aromatic carbocycles. The number of aliphatic hydroxyl groups is 1. The van der Waals surface area contributed by atoms with Crippen molar-refractivity contribution in [3.63, 3.8) is 0 Å². The molecule has 0 bridgehead atoms. The minimum absolute atomic E-state index is 0.105. The van der Waals surface area contributed by atoms with Crippen molar-refractivity contribution >= 4 is 5.91 Å². The average molecular weight is 141 g/mol. The summed E-state index contributed by atoms with van der Waals surface area (Å²) in [6.07, 6.45) is 2.11. The van der Waals surface area contributed by atoms with E-state index < -0.39 is 0 Å². The molecule has 0 unspecified atom stereocenters. The Labute approximate surface area is 59.4 Å². The van der Waals surface area contributed by atoms with Gasteiger partial charge in [0.1, 0.15) is 0 Å². The van der Waals surface area contributed by atoms with E-state index in [0.29, 0.717) is 6.42 Å². The second kappa shape index (κ2) is 1.95. The van der Waals surface area contributed by atoms with E-state index in [1.165, 1.54) is 0 Å². The lowest BCUT2D eigenvalue weighted by molar-refractivity contribution is -0.119. The van der Waals surface area contributed by atoms with Gasteiger partial charge >= 0.3 is 0 Å². The molecule has 1 aliphatic heterocycles. The predicted molar refractivity (Wildman–Crippen MR) is 35.3 cm³/mol. The first-order valence-electron chi connectivity index (χ1n) is 3.75. The first kappa shape index (κ1) is 6.16. The average Bonchev–Trinajstić information content (AvgIpc) is 2.35. The molecule has 3 heteroatoms. The van der Waals surface area contributed by atoms with Gasteiger partial charge < -0.3 is 10.4 Å². The molecule has 0 spiro atoms. The van der Waals surface area contributed by atoms with Gasteiger partial charge in [-0.1, -0.05) is 0 Å². The van der Waals surface area contributed by atoms with Crippen molar-refractivity contribution in [1.82, 2.24) is 5.32 Å². The predicted octanol–water partition coefficient (Wildman–Crippen LogP) is -0.354. The van der Waals surface area contributed by atoms with Crippen LogP contribution in [0.3, 0.4) is 0 Å². The SMILES string of the molecule is O=C1C[C@H]2[C@@H](O)CC[C@H]2N1. The van der Waals surface area contributed by atoms with Crippen molar-refractivity contribution in [3.05, 3.63) is 0 Å². The van der Waals surface area contributed by atoms with E-state index in [1.54, 1.807) is 0 Å². The van der Waals surface area contributed by atoms with E-state index >= 15 is 0 Å². The Morgan fingerprint density at radius 2 is 2.30 bits per heavy atom. The van der Waals surface area contributed by atoms with Gasteiger partial charge in [-0.3, -0.25) is 4.79 Å².